The van der Waals surface area contributed by atoms with Crippen LogP contribution in [0.15, 0.2) is 48.5 Å². The molecule has 2 aromatic rings. The van der Waals surface area contributed by atoms with Crippen molar-refractivity contribution < 1.29 is 34.7 Å². The van der Waals surface area contributed by atoms with Gasteiger partial charge in [0.05, 0.1) is 12.2 Å². The molecule has 0 aliphatic heterocycles. The molecule has 0 radical (unpaired) electrons. The van der Waals surface area contributed by atoms with Crippen molar-refractivity contribution in [3.8, 4) is 11.5 Å². The topological polar surface area (TPSA) is 116 Å². The van der Waals surface area contributed by atoms with Crippen molar-refractivity contribution in [3.05, 3.63) is 59.7 Å². The average Bonchev–Trinajstić information content (AvgIpc) is 2.71. The predicted octanol–water partition coefficient (Wildman–Crippen LogP) is 2.06. The van der Waals surface area contributed by atoms with E-state index >= 15 is 0 Å². The highest BCUT2D eigenvalue weighted by atomic mass is 16.5. The number of carbonyl (C=O) groups excluding carboxylic acids is 1. The van der Waals surface area contributed by atoms with Gasteiger partial charge >= 0.3 is 0 Å². The van der Waals surface area contributed by atoms with E-state index in [4.69, 9.17) is 9.47 Å². The van der Waals surface area contributed by atoms with Crippen LogP contribution in [0.25, 0.3) is 0 Å². The Morgan fingerprint density at radius 2 is 1.06 bits per heavy atom. The molecule has 0 amide bonds. The van der Waals surface area contributed by atoms with Crippen LogP contribution in [0.3, 0.4) is 0 Å². The van der Waals surface area contributed by atoms with Crippen molar-refractivity contribution >= 4 is 5.78 Å². The molecule has 0 aromatic heterocycles. The second-order valence-corrected chi connectivity index (χ2v) is 8.84. The summed E-state index contributed by atoms with van der Waals surface area (Å²) in [4.78, 5) is 13.0. The third kappa shape index (κ3) is 7.91. The highest BCUT2D eigenvalue weighted by Gasteiger charge is 2.42. The number of aliphatic hydroxyl groups is 4. The highest BCUT2D eigenvalue weighted by Crippen LogP contribution is 2.26. The van der Waals surface area contributed by atoms with Gasteiger partial charge in [-0.2, -0.15) is 0 Å². The molecular weight excluding hydrogens is 412 g/mol. The Bertz CT molecular complexity index is 781. The number of aliphatic hydroxyl groups excluding tert-OH is 2. The summed E-state index contributed by atoms with van der Waals surface area (Å²) in [5.74, 6) is 0.482. The molecule has 4 N–H and O–H groups in total. The standard InChI is InChI=1S/C25H34O7/c1-17(26)15-31-21-9-5-19(6-10-21)13-24(3,29)23(28)25(4,30)14-20-7-11-22(12-8-20)32-16-18(2)27/h5-12,17-18,26-27,29-30H,13-16H2,1-4H3. The number of hydrogen-bond acceptors (Lipinski definition) is 7. The quantitative estimate of drug-likeness (QED) is 0.394. The number of ether oxygens (including phenoxy) is 2. The van der Waals surface area contributed by atoms with Crippen LogP contribution in [0.5, 0.6) is 11.5 Å². The smallest absolute Gasteiger partial charge is 0.195 e. The maximum absolute atomic E-state index is 13.0. The first kappa shape index (κ1) is 25.8. The first-order chi connectivity index (χ1) is 14.9. The normalized spacial score (nSPS) is 17.0. The molecule has 0 spiro atoms. The van der Waals surface area contributed by atoms with Crippen molar-refractivity contribution in [3.63, 3.8) is 0 Å². The van der Waals surface area contributed by atoms with Crippen LogP contribution in [0.4, 0.5) is 0 Å². The van der Waals surface area contributed by atoms with E-state index in [0.29, 0.717) is 22.6 Å². The van der Waals surface area contributed by atoms with Crippen LogP contribution in [0.1, 0.15) is 38.8 Å². The van der Waals surface area contributed by atoms with Gasteiger partial charge in [-0.05, 0) is 63.1 Å². The van der Waals surface area contributed by atoms with Gasteiger partial charge in [0.1, 0.15) is 35.9 Å². The van der Waals surface area contributed by atoms with Gasteiger partial charge in [-0.3, -0.25) is 4.79 Å². The summed E-state index contributed by atoms with van der Waals surface area (Å²) in [6.45, 7) is 6.40. The Hall–Kier alpha value is -2.45. The van der Waals surface area contributed by atoms with E-state index in [-0.39, 0.29) is 26.1 Å². The maximum atomic E-state index is 13.0. The van der Waals surface area contributed by atoms with Gasteiger partial charge in [0, 0.05) is 12.8 Å². The molecule has 32 heavy (non-hydrogen) atoms. The van der Waals surface area contributed by atoms with Crippen molar-refractivity contribution in [1.82, 2.24) is 0 Å². The number of carbonyl (C=O) groups is 1. The zero-order valence-electron chi connectivity index (χ0n) is 19.1. The number of rotatable bonds is 12. The van der Waals surface area contributed by atoms with Crippen LogP contribution >= 0.6 is 0 Å². The molecule has 0 fully saturated rings. The Morgan fingerprint density at radius 3 is 1.34 bits per heavy atom. The molecule has 7 nitrogen and oxygen atoms in total. The van der Waals surface area contributed by atoms with Gasteiger partial charge in [0.2, 0.25) is 0 Å². The van der Waals surface area contributed by atoms with E-state index in [9.17, 15) is 25.2 Å². The third-order valence-electron chi connectivity index (χ3n) is 4.90. The molecule has 2 aromatic carbocycles. The lowest BCUT2D eigenvalue weighted by atomic mass is 9.80. The largest absolute Gasteiger partial charge is 0.491 e. The lowest BCUT2D eigenvalue weighted by molar-refractivity contribution is -0.153. The SMILES string of the molecule is CC(O)COc1ccc(CC(C)(O)C(=O)C(C)(O)Cc2ccc(OCC(C)O)cc2)cc1. The van der Waals surface area contributed by atoms with Gasteiger partial charge < -0.3 is 29.9 Å². The maximum Gasteiger partial charge on any atom is 0.195 e. The zero-order chi connectivity index (χ0) is 23.9. The molecule has 0 aliphatic rings. The molecule has 7 heteroatoms. The minimum Gasteiger partial charge on any atom is -0.491 e. The molecule has 4 unspecified atom stereocenters. The van der Waals surface area contributed by atoms with E-state index in [0.717, 1.165) is 0 Å². The fourth-order valence-electron chi connectivity index (χ4n) is 3.38. The predicted molar refractivity (Wildman–Crippen MR) is 121 cm³/mol. The highest BCUT2D eigenvalue weighted by molar-refractivity contribution is 5.94. The summed E-state index contributed by atoms with van der Waals surface area (Å²) in [5, 5.41) is 40.3. The summed E-state index contributed by atoms with van der Waals surface area (Å²) in [6, 6.07) is 13.8. The van der Waals surface area contributed by atoms with Gasteiger partial charge in [-0.15, -0.1) is 0 Å². The summed E-state index contributed by atoms with van der Waals surface area (Å²) in [7, 11) is 0. The minimum absolute atomic E-state index is 0.0325. The van der Waals surface area contributed by atoms with E-state index in [1.165, 1.54) is 13.8 Å². The third-order valence-corrected chi connectivity index (χ3v) is 4.90. The van der Waals surface area contributed by atoms with Crippen LogP contribution < -0.4 is 9.47 Å². The second-order valence-electron chi connectivity index (χ2n) is 8.84. The first-order valence-corrected chi connectivity index (χ1v) is 10.7. The lowest BCUT2D eigenvalue weighted by Gasteiger charge is -2.31. The average molecular weight is 447 g/mol. The molecule has 0 heterocycles. The van der Waals surface area contributed by atoms with Crippen LogP contribution in [0.2, 0.25) is 0 Å². The first-order valence-electron chi connectivity index (χ1n) is 10.7. The van der Waals surface area contributed by atoms with Crippen molar-refractivity contribution in [2.24, 2.45) is 0 Å². The van der Waals surface area contributed by atoms with Crippen LogP contribution in [-0.4, -0.2) is 62.8 Å². The zero-order valence-corrected chi connectivity index (χ0v) is 19.1. The Balaban J connectivity index is 2.00. The summed E-state index contributed by atoms with van der Waals surface area (Å²) < 4.78 is 10.8. The van der Waals surface area contributed by atoms with Crippen molar-refractivity contribution in [2.75, 3.05) is 13.2 Å². The Labute approximate surface area is 189 Å². The number of benzene rings is 2. The number of Topliss-reactive ketones (excluding diaryl/α,β-unsaturated/α-hetero) is 1. The molecule has 176 valence electrons. The van der Waals surface area contributed by atoms with Crippen LogP contribution in [-0.2, 0) is 17.6 Å². The Morgan fingerprint density at radius 1 is 0.750 bits per heavy atom. The molecule has 0 bridgehead atoms. The Kier molecular flexibility index (Phi) is 8.81. The van der Waals surface area contributed by atoms with Gasteiger partial charge in [0.25, 0.3) is 0 Å². The van der Waals surface area contributed by atoms with Gasteiger partial charge in [-0.1, -0.05) is 24.3 Å². The summed E-state index contributed by atoms with van der Waals surface area (Å²) in [5.41, 5.74) is -2.12. The monoisotopic (exact) mass is 446 g/mol. The van der Waals surface area contributed by atoms with Crippen LogP contribution in [0, 0.1) is 0 Å². The molecular formula is C25H34O7. The molecule has 2 rings (SSSR count). The summed E-state index contributed by atoms with van der Waals surface area (Å²) in [6.07, 6.45) is -1.10. The van der Waals surface area contributed by atoms with E-state index in [2.05, 4.69) is 0 Å². The van der Waals surface area contributed by atoms with Gasteiger partial charge in [0.15, 0.2) is 5.78 Å². The minimum atomic E-state index is -1.77. The van der Waals surface area contributed by atoms with Gasteiger partial charge in [-0.25, -0.2) is 0 Å². The second kappa shape index (κ2) is 10.9. The summed E-state index contributed by atoms with van der Waals surface area (Å²) >= 11 is 0. The fraction of sp³-hybridized carbons (Fsp3) is 0.480. The van der Waals surface area contributed by atoms with E-state index < -0.39 is 29.2 Å². The number of ketones is 1. The fourth-order valence-corrected chi connectivity index (χ4v) is 3.38. The molecule has 0 saturated heterocycles. The molecule has 0 saturated carbocycles. The lowest BCUT2D eigenvalue weighted by Crippen LogP contribution is -2.52. The van der Waals surface area contributed by atoms with E-state index in [1.807, 2.05) is 0 Å². The molecule has 0 aliphatic carbocycles. The van der Waals surface area contributed by atoms with Crippen molar-refractivity contribution in [2.45, 2.75) is 63.9 Å². The molecule has 4 atom stereocenters. The number of hydrogen-bond donors (Lipinski definition) is 4. The van der Waals surface area contributed by atoms with Crippen molar-refractivity contribution in [1.29, 1.82) is 0 Å². The van der Waals surface area contributed by atoms with E-state index in [1.54, 1.807) is 62.4 Å².